The van der Waals surface area contributed by atoms with Crippen LogP contribution in [0.4, 0.5) is 5.69 Å². The number of benzene rings is 2. The molecule has 0 spiro atoms. The molecule has 0 aliphatic heterocycles. The van der Waals surface area contributed by atoms with Gasteiger partial charge in [-0.1, -0.05) is 32.0 Å². The van der Waals surface area contributed by atoms with E-state index in [1.165, 1.54) is 31.2 Å². The highest BCUT2D eigenvalue weighted by Crippen LogP contribution is 2.14. The molecule has 4 N–H and O–H groups in total. The number of sulfonamides is 1. The fraction of sp³-hybridized carbons (Fsp3) is 0.318. The van der Waals surface area contributed by atoms with E-state index in [-0.39, 0.29) is 10.8 Å². The molecule has 0 aliphatic carbocycles. The van der Waals surface area contributed by atoms with E-state index in [0.29, 0.717) is 11.3 Å². The molecular weight excluding hydrogens is 434 g/mol. The number of rotatable bonds is 8. The van der Waals surface area contributed by atoms with E-state index >= 15 is 0 Å². The van der Waals surface area contributed by atoms with Crippen molar-refractivity contribution in [3.63, 3.8) is 0 Å². The average Bonchev–Trinajstić information content (AvgIpc) is 2.71. The minimum Gasteiger partial charge on any atom is -0.451 e. The number of carbonyl (C=O) groups excluding carboxylic acids is 3. The Kier molecular flexibility index (Phi) is 8.12. The molecule has 2 aromatic carbocycles. The maximum Gasteiger partial charge on any atom is 0.329 e. The summed E-state index contributed by atoms with van der Waals surface area (Å²) in [5.74, 6) is -2.05. The van der Waals surface area contributed by atoms with Gasteiger partial charge < -0.3 is 15.4 Å². The van der Waals surface area contributed by atoms with E-state index in [0.717, 1.165) is 5.56 Å². The molecule has 2 amide bonds. The zero-order valence-corrected chi connectivity index (χ0v) is 19.1. The number of nitrogens with two attached hydrogens (primary N) is 1. The van der Waals surface area contributed by atoms with Crippen LogP contribution in [-0.4, -0.2) is 38.3 Å². The highest BCUT2D eigenvalue weighted by molar-refractivity contribution is 7.89. The van der Waals surface area contributed by atoms with E-state index in [1.54, 1.807) is 39.0 Å². The highest BCUT2D eigenvalue weighted by atomic mass is 32.2. The van der Waals surface area contributed by atoms with Crippen LogP contribution in [0.15, 0.2) is 53.4 Å². The van der Waals surface area contributed by atoms with Gasteiger partial charge in [0.1, 0.15) is 6.04 Å². The van der Waals surface area contributed by atoms with Crippen LogP contribution in [-0.2, 0) is 24.3 Å². The van der Waals surface area contributed by atoms with E-state index in [2.05, 4.69) is 10.6 Å². The fourth-order valence-electron chi connectivity index (χ4n) is 2.82. The predicted molar refractivity (Wildman–Crippen MR) is 119 cm³/mol. The fourth-order valence-corrected chi connectivity index (χ4v) is 3.33. The lowest BCUT2D eigenvalue weighted by Crippen LogP contribution is -2.47. The quantitative estimate of drug-likeness (QED) is 0.513. The first-order valence-electron chi connectivity index (χ1n) is 9.91. The second-order valence-corrected chi connectivity index (χ2v) is 9.21. The second kappa shape index (κ2) is 10.4. The second-order valence-electron chi connectivity index (χ2n) is 7.65. The van der Waals surface area contributed by atoms with Gasteiger partial charge in [-0.05, 0) is 55.7 Å². The standard InChI is InChI=1S/C22H27N3O6S/c1-13(2)19(25-21(27)18-8-6-5-7-14(18)3)22(28)31-15(4)20(26)24-16-9-11-17(12-10-16)32(23,29)30/h5-13,15,19H,1-4H3,(H,24,26)(H,25,27)(H2,23,29,30)/t15-,19-/m1/s1. The Balaban J connectivity index is 2.02. The summed E-state index contributed by atoms with van der Waals surface area (Å²) in [7, 11) is -3.85. The number of anilines is 1. The minimum atomic E-state index is -3.85. The monoisotopic (exact) mass is 461 g/mol. The molecule has 0 unspecified atom stereocenters. The molecular formula is C22H27N3O6S. The third-order valence-corrected chi connectivity index (χ3v) is 5.64. The van der Waals surface area contributed by atoms with E-state index < -0.39 is 40.0 Å². The molecule has 0 saturated carbocycles. The first-order valence-corrected chi connectivity index (χ1v) is 11.5. The van der Waals surface area contributed by atoms with E-state index in [9.17, 15) is 22.8 Å². The van der Waals surface area contributed by atoms with Gasteiger partial charge in [0.05, 0.1) is 4.90 Å². The topological polar surface area (TPSA) is 145 Å². The van der Waals surface area contributed by atoms with Gasteiger partial charge in [-0.25, -0.2) is 18.4 Å². The largest absolute Gasteiger partial charge is 0.451 e. The molecule has 2 rings (SSSR count). The summed E-state index contributed by atoms with van der Waals surface area (Å²) in [6.45, 7) is 6.69. The summed E-state index contributed by atoms with van der Waals surface area (Å²) in [5.41, 5.74) is 1.51. The number of esters is 1. The lowest BCUT2D eigenvalue weighted by Gasteiger charge is -2.23. The molecule has 0 fully saturated rings. The summed E-state index contributed by atoms with van der Waals surface area (Å²) in [4.78, 5) is 37.5. The Morgan fingerprint density at radius 3 is 2.09 bits per heavy atom. The number of primary sulfonamides is 1. The van der Waals surface area contributed by atoms with Crippen LogP contribution in [0, 0.1) is 12.8 Å². The lowest BCUT2D eigenvalue weighted by atomic mass is 10.0. The van der Waals surface area contributed by atoms with Crippen LogP contribution in [0.5, 0.6) is 0 Å². The molecule has 10 heteroatoms. The number of ether oxygens (including phenoxy) is 1. The third kappa shape index (κ3) is 6.63. The first-order chi connectivity index (χ1) is 14.9. The zero-order chi connectivity index (χ0) is 24.1. The van der Waals surface area contributed by atoms with Crippen molar-refractivity contribution in [2.75, 3.05) is 5.32 Å². The van der Waals surface area contributed by atoms with Crippen LogP contribution in [0.1, 0.15) is 36.7 Å². The van der Waals surface area contributed by atoms with Crippen molar-refractivity contribution in [1.29, 1.82) is 0 Å². The molecule has 9 nitrogen and oxygen atoms in total. The maximum absolute atomic E-state index is 12.7. The number of carbonyl (C=O) groups is 3. The van der Waals surface area contributed by atoms with Gasteiger partial charge >= 0.3 is 5.97 Å². The molecule has 0 saturated heterocycles. The molecule has 2 aromatic rings. The zero-order valence-electron chi connectivity index (χ0n) is 18.3. The normalized spacial score (nSPS) is 13.2. The van der Waals surface area contributed by atoms with Gasteiger partial charge in [-0.15, -0.1) is 0 Å². The lowest BCUT2D eigenvalue weighted by molar-refractivity contribution is -0.156. The van der Waals surface area contributed by atoms with Crippen molar-refractivity contribution in [2.24, 2.45) is 11.1 Å². The molecule has 2 atom stereocenters. The average molecular weight is 462 g/mol. The molecule has 0 heterocycles. The number of nitrogens with one attached hydrogen (secondary N) is 2. The van der Waals surface area contributed by atoms with Gasteiger partial charge in [-0.2, -0.15) is 0 Å². The van der Waals surface area contributed by atoms with Gasteiger partial charge in [0.2, 0.25) is 10.0 Å². The van der Waals surface area contributed by atoms with Gasteiger partial charge in [0, 0.05) is 11.3 Å². The van der Waals surface area contributed by atoms with E-state index in [4.69, 9.17) is 9.88 Å². The van der Waals surface area contributed by atoms with Crippen molar-refractivity contribution in [3.05, 3.63) is 59.7 Å². The first kappa shape index (κ1) is 25.0. The maximum atomic E-state index is 12.7. The van der Waals surface area contributed by atoms with Gasteiger partial charge in [0.15, 0.2) is 6.10 Å². The smallest absolute Gasteiger partial charge is 0.329 e. The highest BCUT2D eigenvalue weighted by Gasteiger charge is 2.29. The summed E-state index contributed by atoms with van der Waals surface area (Å²) >= 11 is 0. The Morgan fingerprint density at radius 1 is 0.969 bits per heavy atom. The summed E-state index contributed by atoms with van der Waals surface area (Å²) < 4.78 is 27.9. The number of aryl methyl sites for hydroxylation is 1. The number of amides is 2. The summed E-state index contributed by atoms with van der Waals surface area (Å²) in [6.07, 6.45) is -1.16. The van der Waals surface area contributed by atoms with Gasteiger partial charge in [0.25, 0.3) is 11.8 Å². The predicted octanol–water partition coefficient (Wildman–Crippen LogP) is 1.97. The van der Waals surface area contributed by atoms with Crippen molar-refractivity contribution in [1.82, 2.24) is 5.32 Å². The summed E-state index contributed by atoms with van der Waals surface area (Å²) in [5, 5.41) is 10.2. The Hall–Kier alpha value is -3.24. The van der Waals surface area contributed by atoms with Crippen molar-refractivity contribution < 1.29 is 27.5 Å². The number of hydrogen-bond donors (Lipinski definition) is 3. The molecule has 172 valence electrons. The summed E-state index contributed by atoms with van der Waals surface area (Å²) in [6, 6.07) is 11.3. The Labute approximate surface area is 187 Å². The molecule has 0 radical (unpaired) electrons. The van der Waals surface area contributed by atoms with Crippen LogP contribution in [0.25, 0.3) is 0 Å². The van der Waals surface area contributed by atoms with Crippen LogP contribution < -0.4 is 15.8 Å². The molecule has 0 aromatic heterocycles. The van der Waals surface area contributed by atoms with Crippen molar-refractivity contribution >= 4 is 33.5 Å². The third-order valence-electron chi connectivity index (χ3n) is 4.71. The minimum absolute atomic E-state index is 0.0980. The van der Waals surface area contributed by atoms with Crippen LogP contribution in [0.2, 0.25) is 0 Å². The van der Waals surface area contributed by atoms with Crippen molar-refractivity contribution in [3.8, 4) is 0 Å². The SMILES string of the molecule is Cc1ccccc1C(=O)N[C@@H](C(=O)O[C@H](C)C(=O)Nc1ccc(S(N)(=O)=O)cc1)C(C)C. The molecule has 32 heavy (non-hydrogen) atoms. The van der Waals surface area contributed by atoms with E-state index in [1.807, 2.05) is 6.07 Å². The van der Waals surface area contributed by atoms with Crippen LogP contribution in [0.3, 0.4) is 0 Å². The Bertz CT molecular complexity index is 1100. The van der Waals surface area contributed by atoms with Crippen molar-refractivity contribution in [2.45, 2.75) is 44.7 Å². The number of hydrogen-bond acceptors (Lipinski definition) is 6. The molecule has 0 bridgehead atoms. The Morgan fingerprint density at radius 2 is 1.56 bits per heavy atom. The van der Waals surface area contributed by atoms with Gasteiger partial charge in [-0.3, -0.25) is 9.59 Å². The molecule has 0 aliphatic rings. The van der Waals surface area contributed by atoms with Crippen LogP contribution >= 0.6 is 0 Å².